The molecule has 2 N–H and O–H groups in total. The first-order valence-electron chi connectivity index (χ1n) is 6.21. The molecule has 0 unspecified atom stereocenters. The highest BCUT2D eigenvalue weighted by Gasteiger charge is 2.21. The van der Waals surface area contributed by atoms with Crippen molar-refractivity contribution in [3.63, 3.8) is 0 Å². The van der Waals surface area contributed by atoms with Crippen molar-refractivity contribution < 1.29 is 9.53 Å². The van der Waals surface area contributed by atoms with Crippen LogP contribution in [0.25, 0.3) is 5.69 Å². The second-order valence-corrected chi connectivity index (χ2v) is 4.81. The van der Waals surface area contributed by atoms with Crippen molar-refractivity contribution >= 4 is 23.4 Å². The zero-order valence-electron chi connectivity index (χ0n) is 11.6. The molecule has 1 aromatic heterocycles. The lowest BCUT2D eigenvalue weighted by molar-refractivity contribution is 0.0596. The minimum absolute atomic E-state index is 0.138. The molecule has 106 valence electrons. The van der Waals surface area contributed by atoms with Gasteiger partial charge in [0.2, 0.25) is 0 Å². The molecule has 0 aliphatic carbocycles. The first-order chi connectivity index (χ1) is 9.49. The van der Waals surface area contributed by atoms with Crippen molar-refractivity contribution in [1.29, 1.82) is 0 Å². The molecule has 20 heavy (non-hydrogen) atoms. The summed E-state index contributed by atoms with van der Waals surface area (Å²) in [6.45, 7) is 3.88. The van der Waals surface area contributed by atoms with E-state index in [1.807, 2.05) is 26.0 Å². The molecule has 5 nitrogen and oxygen atoms in total. The number of methoxy groups -OCH3 is 1. The van der Waals surface area contributed by atoms with Gasteiger partial charge < -0.3 is 10.5 Å². The quantitative estimate of drug-likeness (QED) is 0.883. The third kappa shape index (κ3) is 2.36. The predicted molar refractivity (Wildman–Crippen MR) is 78.4 cm³/mol. The topological polar surface area (TPSA) is 70.1 Å². The standard InChI is InChI=1S/C14H16ClN3O2/c1-4-11-17-12(14(19)20-3)13(16)18(11)10-6-5-9(15)7-8(10)2/h5-7H,4,16H2,1-3H3. The first kappa shape index (κ1) is 14.4. The molecule has 0 bridgehead atoms. The summed E-state index contributed by atoms with van der Waals surface area (Å²) in [4.78, 5) is 16.0. The largest absolute Gasteiger partial charge is 0.464 e. The minimum Gasteiger partial charge on any atom is -0.464 e. The highest BCUT2D eigenvalue weighted by Crippen LogP contribution is 2.26. The Hall–Kier alpha value is -2.01. The van der Waals surface area contributed by atoms with Crippen LogP contribution in [0.4, 0.5) is 5.82 Å². The van der Waals surface area contributed by atoms with Gasteiger partial charge in [0.25, 0.3) is 0 Å². The van der Waals surface area contributed by atoms with Gasteiger partial charge in [-0.05, 0) is 30.7 Å². The van der Waals surface area contributed by atoms with Crippen molar-refractivity contribution in [1.82, 2.24) is 9.55 Å². The van der Waals surface area contributed by atoms with Gasteiger partial charge in [-0.15, -0.1) is 0 Å². The number of anilines is 1. The minimum atomic E-state index is -0.539. The van der Waals surface area contributed by atoms with Crippen molar-refractivity contribution in [2.24, 2.45) is 0 Å². The van der Waals surface area contributed by atoms with Crippen LogP contribution in [0.3, 0.4) is 0 Å². The number of esters is 1. The summed E-state index contributed by atoms with van der Waals surface area (Å²) in [6, 6.07) is 5.48. The van der Waals surface area contributed by atoms with Crippen LogP contribution in [0, 0.1) is 6.92 Å². The number of rotatable bonds is 3. The third-order valence-corrected chi connectivity index (χ3v) is 3.31. The Bertz CT molecular complexity index is 665. The summed E-state index contributed by atoms with van der Waals surface area (Å²) in [5.41, 5.74) is 8.00. The van der Waals surface area contributed by atoms with E-state index < -0.39 is 5.97 Å². The maximum atomic E-state index is 11.7. The van der Waals surface area contributed by atoms with E-state index in [4.69, 9.17) is 22.1 Å². The van der Waals surface area contributed by atoms with Crippen molar-refractivity contribution in [2.45, 2.75) is 20.3 Å². The second-order valence-electron chi connectivity index (χ2n) is 4.37. The number of imidazole rings is 1. The van der Waals surface area contributed by atoms with Gasteiger partial charge in [0.1, 0.15) is 11.6 Å². The lowest BCUT2D eigenvalue weighted by Gasteiger charge is -2.12. The van der Waals surface area contributed by atoms with Crippen LogP contribution in [-0.4, -0.2) is 22.6 Å². The van der Waals surface area contributed by atoms with Crippen molar-refractivity contribution in [3.05, 3.63) is 40.3 Å². The number of carbonyl (C=O) groups excluding carboxylic acids is 1. The number of ether oxygens (including phenoxy) is 1. The summed E-state index contributed by atoms with van der Waals surface area (Å²) in [6.07, 6.45) is 0.642. The van der Waals surface area contributed by atoms with Crippen LogP contribution in [0.15, 0.2) is 18.2 Å². The van der Waals surface area contributed by atoms with E-state index in [1.165, 1.54) is 7.11 Å². The van der Waals surface area contributed by atoms with E-state index in [9.17, 15) is 4.79 Å². The molecule has 0 atom stereocenters. The van der Waals surface area contributed by atoms with Crippen LogP contribution >= 0.6 is 11.6 Å². The van der Waals surface area contributed by atoms with Gasteiger partial charge in [0, 0.05) is 11.4 Å². The molecular formula is C14H16ClN3O2. The molecule has 0 fully saturated rings. The maximum absolute atomic E-state index is 11.7. The second kappa shape index (κ2) is 5.54. The van der Waals surface area contributed by atoms with Gasteiger partial charge in [-0.25, -0.2) is 9.78 Å². The van der Waals surface area contributed by atoms with Gasteiger partial charge >= 0.3 is 5.97 Å². The van der Waals surface area contributed by atoms with Crippen LogP contribution in [0.1, 0.15) is 28.8 Å². The van der Waals surface area contributed by atoms with E-state index in [1.54, 1.807) is 10.6 Å². The highest BCUT2D eigenvalue weighted by molar-refractivity contribution is 6.30. The fourth-order valence-corrected chi connectivity index (χ4v) is 2.33. The van der Waals surface area contributed by atoms with Gasteiger partial charge in [-0.3, -0.25) is 4.57 Å². The maximum Gasteiger partial charge on any atom is 0.360 e. The SMILES string of the molecule is CCc1nc(C(=O)OC)c(N)n1-c1ccc(Cl)cc1C. The van der Waals surface area contributed by atoms with E-state index in [0.29, 0.717) is 17.3 Å². The van der Waals surface area contributed by atoms with Gasteiger partial charge in [0.05, 0.1) is 12.8 Å². The summed E-state index contributed by atoms with van der Waals surface area (Å²) in [7, 11) is 1.31. The summed E-state index contributed by atoms with van der Waals surface area (Å²) >= 11 is 5.97. The summed E-state index contributed by atoms with van der Waals surface area (Å²) < 4.78 is 6.46. The van der Waals surface area contributed by atoms with Crippen LogP contribution in [0.5, 0.6) is 0 Å². The first-order valence-corrected chi connectivity index (χ1v) is 6.59. The van der Waals surface area contributed by atoms with E-state index in [0.717, 1.165) is 11.3 Å². The Morgan fingerprint density at radius 2 is 2.20 bits per heavy atom. The van der Waals surface area contributed by atoms with Crippen molar-refractivity contribution in [2.75, 3.05) is 12.8 Å². The number of halogens is 1. The number of benzene rings is 1. The Labute approximate surface area is 122 Å². The molecule has 6 heteroatoms. The molecule has 0 saturated heterocycles. The number of aromatic nitrogens is 2. The average Bonchev–Trinajstić information content (AvgIpc) is 2.75. The molecule has 1 heterocycles. The van der Waals surface area contributed by atoms with E-state index >= 15 is 0 Å². The highest BCUT2D eigenvalue weighted by atomic mass is 35.5. The number of hydrogen-bond acceptors (Lipinski definition) is 4. The fraction of sp³-hybridized carbons (Fsp3) is 0.286. The Balaban J connectivity index is 2.67. The molecule has 0 spiro atoms. The molecule has 0 saturated carbocycles. The van der Waals surface area contributed by atoms with Crippen LogP contribution in [0.2, 0.25) is 5.02 Å². The lowest BCUT2D eigenvalue weighted by atomic mass is 10.2. The van der Waals surface area contributed by atoms with E-state index in [2.05, 4.69) is 4.98 Å². The number of nitrogens with zero attached hydrogens (tertiary/aromatic N) is 2. The fourth-order valence-electron chi connectivity index (χ4n) is 2.10. The summed E-state index contributed by atoms with van der Waals surface area (Å²) in [5.74, 6) is 0.440. The third-order valence-electron chi connectivity index (χ3n) is 3.08. The van der Waals surface area contributed by atoms with Gasteiger partial charge in [-0.2, -0.15) is 0 Å². The van der Waals surface area contributed by atoms with Gasteiger partial charge in [0.15, 0.2) is 5.69 Å². The molecule has 0 radical (unpaired) electrons. The van der Waals surface area contributed by atoms with Gasteiger partial charge in [-0.1, -0.05) is 18.5 Å². The molecule has 0 aliphatic heterocycles. The molecule has 0 amide bonds. The van der Waals surface area contributed by atoms with E-state index in [-0.39, 0.29) is 11.5 Å². The van der Waals surface area contributed by atoms with Crippen LogP contribution in [-0.2, 0) is 11.2 Å². The molecule has 0 aliphatic rings. The number of nitrogen functional groups attached to an aromatic ring is 1. The number of hydrogen-bond donors (Lipinski definition) is 1. The normalized spacial score (nSPS) is 10.6. The monoisotopic (exact) mass is 293 g/mol. The zero-order valence-corrected chi connectivity index (χ0v) is 12.4. The lowest BCUT2D eigenvalue weighted by Crippen LogP contribution is -2.08. The summed E-state index contributed by atoms with van der Waals surface area (Å²) in [5, 5.41) is 0.649. The number of carbonyl (C=O) groups is 1. The molecule has 1 aromatic carbocycles. The van der Waals surface area contributed by atoms with Crippen molar-refractivity contribution in [3.8, 4) is 5.69 Å². The Kier molecular flexibility index (Phi) is 3.99. The Morgan fingerprint density at radius 1 is 1.50 bits per heavy atom. The molecule has 2 aromatic rings. The van der Waals surface area contributed by atoms with Crippen LogP contribution < -0.4 is 5.73 Å². The number of aryl methyl sites for hydroxylation is 2. The zero-order chi connectivity index (χ0) is 14.9. The Morgan fingerprint density at radius 3 is 2.75 bits per heavy atom. The smallest absolute Gasteiger partial charge is 0.360 e. The predicted octanol–water partition coefficient (Wildman–Crippen LogP) is 2.77. The average molecular weight is 294 g/mol. The molecule has 2 rings (SSSR count). The number of nitrogens with two attached hydrogens (primary N) is 1. The molecular weight excluding hydrogens is 278 g/mol.